The fraction of sp³-hybridized carbons (Fsp3) is 0.667. The Morgan fingerprint density at radius 1 is 1.50 bits per heavy atom. The normalized spacial score (nSPS) is 21.5. The van der Waals surface area contributed by atoms with E-state index in [4.69, 9.17) is 5.11 Å². The summed E-state index contributed by atoms with van der Waals surface area (Å²) in [4.78, 5) is 15.7. The Bertz CT molecular complexity index is 409. The minimum absolute atomic E-state index is 0.482. The quantitative estimate of drug-likeness (QED) is 0.842. The molecule has 1 saturated carbocycles. The molecule has 86 valence electrons. The lowest BCUT2D eigenvalue weighted by Gasteiger charge is -2.11. The summed E-state index contributed by atoms with van der Waals surface area (Å²) in [5, 5.41) is 9.13. The Labute approximate surface area is 94.3 Å². The number of hydrogen-bond acceptors (Lipinski definition) is 2. The Balaban J connectivity index is 1.80. The molecule has 0 bridgehead atoms. The Kier molecular flexibility index (Phi) is 2.06. The van der Waals surface area contributed by atoms with E-state index in [-0.39, 0.29) is 0 Å². The lowest BCUT2D eigenvalue weighted by molar-refractivity contribution is -0.143. The van der Waals surface area contributed by atoms with Gasteiger partial charge in [0.15, 0.2) is 0 Å². The van der Waals surface area contributed by atoms with Crippen LogP contribution in [0.1, 0.15) is 37.2 Å². The Morgan fingerprint density at radius 2 is 2.31 bits per heavy atom. The Morgan fingerprint density at radius 3 is 2.94 bits per heavy atom. The molecule has 0 spiro atoms. The molecule has 1 aromatic heterocycles. The number of imidazole rings is 1. The number of nitrogens with zero attached hydrogens (tertiary/aromatic N) is 2. The maximum Gasteiger partial charge on any atom is 0.310 e. The zero-order valence-electron chi connectivity index (χ0n) is 9.28. The van der Waals surface area contributed by atoms with Gasteiger partial charge in [0.25, 0.3) is 0 Å². The molecule has 0 amide bonds. The smallest absolute Gasteiger partial charge is 0.310 e. The highest BCUT2D eigenvalue weighted by Gasteiger charge is 2.50. The predicted molar refractivity (Wildman–Crippen MR) is 58.2 cm³/mol. The molecule has 0 radical (unpaired) electrons. The number of hydrogen-bond donors (Lipinski definition) is 1. The average molecular weight is 220 g/mol. The highest BCUT2D eigenvalue weighted by atomic mass is 16.4. The van der Waals surface area contributed by atoms with Crippen molar-refractivity contribution >= 4 is 5.97 Å². The van der Waals surface area contributed by atoms with Crippen molar-refractivity contribution in [2.24, 2.45) is 5.41 Å². The molecule has 0 saturated heterocycles. The molecule has 0 atom stereocenters. The van der Waals surface area contributed by atoms with Gasteiger partial charge in [-0.25, -0.2) is 4.98 Å². The van der Waals surface area contributed by atoms with Crippen molar-refractivity contribution in [1.82, 2.24) is 9.55 Å². The number of aromatic nitrogens is 2. The first-order valence-electron chi connectivity index (χ1n) is 5.98. The van der Waals surface area contributed by atoms with Crippen molar-refractivity contribution in [3.63, 3.8) is 0 Å². The van der Waals surface area contributed by atoms with E-state index >= 15 is 0 Å². The van der Waals surface area contributed by atoms with Crippen molar-refractivity contribution in [2.75, 3.05) is 0 Å². The van der Waals surface area contributed by atoms with Crippen molar-refractivity contribution in [1.29, 1.82) is 0 Å². The maximum atomic E-state index is 11.1. The molecule has 4 heteroatoms. The number of carboxylic acid groups (broad SMARTS) is 1. The summed E-state index contributed by atoms with van der Waals surface area (Å²) in [6, 6.07) is 0. The average Bonchev–Trinajstić information content (AvgIpc) is 2.92. The first-order chi connectivity index (χ1) is 7.70. The van der Waals surface area contributed by atoms with Crippen LogP contribution in [-0.4, -0.2) is 20.6 Å². The van der Waals surface area contributed by atoms with E-state index in [0.29, 0.717) is 6.42 Å². The first kappa shape index (κ1) is 9.87. The number of aryl methyl sites for hydroxylation is 2. The topological polar surface area (TPSA) is 55.1 Å². The van der Waals surface area contributed by atoms with Gasteiger partial charge in [-0.15, -0.1) is 0 Å². The van der Waals surface area contributed by atoms with E-state index in [1.165, 1.54) is 12.8 Å². The zero-order chi connectivity index (χ0) is 11.2. The molecule has 1 aromatic rings. The minimum atomic E-state index is -0.654. The standard InChI is InChI=1S/C12H16N2O2/c15-11(16)12(4-5-12)7-9-8-14-6-2-1-3-10(14)13-9/h8H,1-7H2,(H,15,16). The van der Waals surface area contributed by atoms with Gasteiger partial charge >= 0.3 is 5.97 Å². The van der Waals surface area contributed by atoms with Gasteiger partial charge in [-0.1, -0.05) is 0 Å². The first-order valence-corrected chi connectivity index (χ1v) is 5.98. The van der Waals surface area contributed by atoms with Crippen LogP contribution in [0.3, 0.4) is 0 Å². The van der Waals surface area contributed by atoms with E-state index < -0.39 is 11.4 Å². The van der Waals surface area contributed by atoms with E-state index in [9.17, 15) is 4.79 Å². The molecule has 0 unspecified atom stereocenters. The molecule has 16 heavy (non-hydrogen) atoms. The van der Waals surface area contributed by atoms with Crippen LogP contribution in [0.15, 0.2) is 6.20 Å². The van der Waals surface area contributed by atoms with Gasteiger partial charge < -0.3 is 9.67 Å². The fourth-order valence-corrected chi connectivity index (χ4v) is 2.52. The molecule has 2 aliphatic rings. The molecule has 2 heterocycles. The van der Waals surface area contributed by atoms with Crippen LogP contribution < -0.4 is 0 Å². The van der Waals surface area contributed by atoms with Crippen molar-refractivity contribution < 1.29 is 9.90 Å². The van der Waals surface area contributed by atoms with Crippen LogP contribution in [0.5, 0.6) is 0 Å². The van der Waals surface area contributed by atoms with Gasteiger partial charge in [-0.05, 0) is 25.7 Å². The predicted octanol–water partition coefficient (Wildman–Crippen LogP) is 1.63. The van der Waals surface area contributed by atoms with Crippen LogP contribution in [0, 0.1) is 5.41 Å². The third-order valence-corrected chi connectivity index (χ3v) is 3.79. The minimum Gasteiger partial charge on any atom is -0.481 e. The molecular formula is C12H16N2O2. The molecule has 1 aliphatic heterocycles. The summed E-state index contributed by atoms with van der Waals surface area (Å²) in [6.45, 7) is 1.04. The molecule has 0 aromatic carbocycles. The van der Waals surface area contributed by atoms with Gasteiger partial charge in [-0.2, -0.15) is 0 Å². The van der Waals surface area contributed by atoms with Crippen LogP contribution in [0.25, 0.3) is 0 Å². The summed E-state index contributed by atoms with van der Waals surface area (Å²) in [5.41, 5.74) is 0.488. The largest absolute Gasteiger partial charge is 0.481 e. The van der Waals surface area contributed by atoms with E-state index in [0.717, 1.165) is 37.3 Å². The third-order valence-electron chi connectivity index (χ3n) is 3.79. The van der Waals surface area contributed by atoms with Crippen LogP contribution in [-0.2, 0) is 24.2 Å². The summed E-state index contributed by atoms with van der Waals surface area (Å²) in [7, 11) is 0. The molecule has 1 N–H and O–H groups in total. The van der Waals surface area contributed by atoms with E-state index in [2.05, 4.69) is 15.7 Å². The zero-order valence-corrected chi connectivity index (χ0v) is 9.28. The SMILES string of the molecule is O=C(O)C1(Cc2cn3c(n2)CCCC3)CC1. The van der Waals surface area contributed by atoms with Gasteiger partial charge in [-0.3, -0.25) is 4.79 Å². The molecular weight excluding hydrogens is 204 g/mol. The molecule has 1 aliphatic carbocycles. The highest BCUT2D eigenvalue weighted by Crippen LogP contribution is 2.48. The Hall–Kier alpha value is -1.32. The lowest BCUT2D eigenvalue weighted by Crippen LogP contribution is -2.17. The maximum absolute atomic E-state index is 11.1. The van der Waals surface area contributed by atoms with Gasteiger partial charge in [0.1, 0.15) is 5.82 Å². The van der Waals surface area contributed by atoms with E-state index in [1.807, 2.05) is 0 Å². The third kappa shape index (κ3) is 1.52. The second kappa shape index (κ2) is 3.34. The van der Waals surface area contributed by atoms with E-state index in [1.54, 1.807) is 0 Å². The highest BCUT2D eigenvalue weighted by molar-refractivity contribution is 5.78. The monoisotopic (exact) mass is 220 g/mol. The van der Waals surface area contributed by atoms with Crippen LogP contribution in [0.4, 0.5) is 0 Å². The number of carboxylic acids is 1. The van der Waals surface area contributed by atoms with Crippen LogP contribution in [0.2, 0.25) is 0 Å². The summed E-state index contributed by atoms with van der Waals surface area (Å²) < 4.78 is 2.19. The van der Waals surface area contributed by atoms with Crippen molar-refractivity contribution in [3.05, 3.63) is 17.7 Å². The van der Waals surface area contributed by atoms with Gasteiger partial charge in [0.05, 0.1) is 11.1 Å². The summed E-state index contributed by atoms with van der Waals surface area (Å²) in [5.74, 6) is 0.487. The number of carbonyl (C=O) groups is 1. The summed E-state index contributed by atoms with van der Waals surface area (Å²) in [6.07, 6.45) is 7.75. The summed E-state index contributed by atoms with van der Waals surface area (Å²) >= 11 is 0. The number of fused-ring (bicyclic) bond motifs is 1. The van der Waals surface area contributed by atoms with Crippen molar-refractivity contribution in [2.45, 2.75) is 45.1 Å². The number of aliphatic carboxylic acids is 1. The van der Waals surface area contributed by atoms with Crippen LogP contribution >= 0.6 is 0 Å². The molecule has 4 nitrogen and oxygen atoms in total. The van der Waals surface area contributed by atoms with Gasteiger partial charge in [0.2, 0.25) is 0 Å². The lowest BCUT2D eigenvalue weighted by atomic mass is 10.0. The fourth-order valence-electron chi connectivity index (χ4n) is 2.52. The van der Waals surface area contributed by atoms with Gasteiger partial charge in [0, 0.05) is 25.6 Å². The second-order valence-electron chi connectivity index (χ2n) is 5.06. The second-order valence-corrected chi connectivity index (χ2v) is 5.06. The molecule has 3 rings (SSSR count). The van der Waals surface area contributed by atoms with Crippen molar-refractivity contribution in [3.8, 4) is 0 Å². The molecule has 1 fully saturated rings. The number of rotatable bonds is 3.